The van der Waals surface area contributed by atoms with E-state index in [1.54, 1.807) is 29.1 Å². The molecule has 66 valence electrons. The van der Waals surface area contributed by atoms with Gasteiger partial charge in [-0.2, -0.15) is 5.10 Å². The summed E-state index contributed by atoms with van der Waals surface area (Å²) in [6, 6.07) is 3.59. The lowest BCUT2D eigenvalue weighted by molar-refractivity contribution is 0.909. The molecule has 0 bridgehead atoms. The van der Waals surface area contributed by atoms with E-state index in [0.29, 0.717) is 11.8 Å². The Morgan fingerprint density at radius 1 is 1.46 bits per heavy atom. The van der Waals surface area contributed by atoms with Gasteiger partial charge in [-0.3, -0.25) is 4.57 Å². The molecule has 2 N–H and O–H groups in total. The van der Waals surface area contributed by atoms with Crippen LogP contribution in [0.25, 0.3) is 5.82 Å². The van der Waals surface area contributed by atoms with Crippen molar-refractivity contribution in [3.05, 3.63) is 29.1 Å². The number of anilines is 1. The first-order chi connectivity index (χ1) is 6.29. The van der Waals surface area contributed by atoms with E-state index in [2.05, 4.69) is 31.1 Å². The molecule has 6 heteroatoms. The zero-order chi connectivity index (χ0) is 9.26. The van der Waals surface area contributed by atoms with Crippen molar-refractivity contribution in [3.63, 3.8) is 0 Å². The van der Waals surface area contributed by atoms with E-state index < -0.39 is 0 Å². The summed E-state index contributed by atoms with van der Waals surface area (Å²) < 4.78 is 2.41. The molecule has 0 aliphatic rings. The third kappa shape index (κ3) is 1.40. The Labute approximate surface area is 82.7 Å². The molecule has 0 amide bonds. The van der Waals surface area contributed by atoms with E-state index in [1.807, 2.05) is 0 Å². The lowest BCUT2D eigenvalue weighted by Crippen LogP contribution is -2.03. The van der Waals surface area contributed by atoms with Crippen molar-refractivity contribution in [1.29, 1.82) is 0 Å². The Balaban J connectivity index is 2.59. The largest absolute Gasteiger partial charge is 0.369 e. The van der Waals surface area contributed by atoms with Crippen LogP contribution in [0.15, 0.2) is 29.1 Å². The number of hydrogen-bond donors (Lipinski definition) is 1. The highest BCUT2D eigenvalue weighted by atomic mass is 79.9. The van der Waals surface area contributed by atoms with Gasteiger partial charge in [0.25, 0.3) is 0 Å². The van der Waals surface area contributed by atoms with Crippen LogP contribution in [0.3, 0.4) is 0 Å². The first-order valence-corrected chi connectivity index (χ1v) is 4.35. The van der Waals surface area contributed by atoms with E-state index >= 15 is 0 Å². The van der Waals surface area contributed by atoms with Crippen molar-refractivity contribution in [1.82, 2.24) is 19.7 Å². The zero-order valence-corrected chi connectivity index (χ0v) is 8.14. The summed E-state index contributed by atoms with van der Waals surface area (Å²) in [5.74, 6) is 1.02. The lowest BCUT2D eigenvalue weighted by Gasteiger charge is -2.02. The fraction of sp³-hybridized carbons (Fsp3) is 0. The highest BCUT2D eigenvalue weighted by Crippen LogP contribution is 2.18. The van der Waals surface area contributed by atoms with E-state index in [0.717, 1.165) is 4.60 Å². The maximum absolute atomic E-state index is 5.63. The van der Waals surface area contributed by atoms with Gasteiger partial charge in [0.1, 0.15) is 4.60 Å². The number of halogens is 1. The smallest absolute Gasteiger partial charge is 0.207 e. The van der Waals surface area contributed by atoms with E-state index in [9.17, 15) is 0 Å². The molecule has 2 rings (SSSR count). The summed E-state index contributed by atoms with van der Waals surface area (Å²) in [5, 5.41) is 7.65. The molecular formula is C7H6BrN5. The first-order valence-electron chi connectivity index (χ1n) is 3.56. The van der Waals surface area contributed by atoms with Gasteiger partial charge in [-0.1, -0.05) is 0 Å². The van der Waals surface area contributed by atoms with Gasteiger partial charge >= 0.3 is 0 Å². The lowest BCUT2D eigenvalue weighted by atomic mass is 10.5. The van der Waals surface area contributed by atoms with E-state index in [1.165, 1.54) is 0 Å². The van der Waals surface area contributed by atoms with Crippen LogP contribution in [-0.4, -0.2) is 19.7 Å². The van der Waals surface area contributed by atoms with Crippen LogP contribution in [0, 0.1) is 0 Å². The standard InChI is InChI=1S/C7H6BrN5/c8-5-4-10-7(9)13(5)6-2-1-3-11-12-6/h1-4H,(H2,9,10). The van der Waals surface area contributed by atoms with Gasteiger partial charge in [-0.15, -0.1) is 5.10 Å². The molecule has 2 aromatic heterocycles. The molecule has 2 heterocycles. The molecule has 0 radical (unpaired) electrons. The second kappa shape index (κ2) is 3.14. The zero-order valence-electron chi connectivity index (χ0n) is 6.55. The topological polar surface area (TPSA) is 69.6 Å². The minimum Gasteiger partial charge on any atom is -0.369 e. The Morgan fingerprint density at radius 2 is 2.31 bits per heavy atom. The minimum absolute atomic E-state index is 0.382. The summed E-state index contributed by atoms with van der Waals surface area (Å²) >= 11 is 3.31. The van der Waals surface area contributed by atoms with Crippen molar-refractivity contribution < 1.29 is 0 Å². The quantitative estimate of drug-likeness (QED) is 0.807. The molecule has 0 spiro atoms. The number of hydrogen-bond acceptors (Lipinski definition) is 4. The average molecular weight is 240 g/mol. The summed E-state index contributed by atoms with van der Waals surface area (Å²) in [5.41, 5.74) is 5.63. The number of aromatic nitrogens is 4. The second-order valence-electron chi connectivity index (χ2n) is 2.36. The third-order valence-corrected chi connectivity index (χ3v) is 2.09. The Morgan fingerprint density at radius 3 is 2.85 bits per heavy atom. The summed E-state index contributed by atoms with van der Waals surface area (Å²) in [7, 11) is 0. The number of nitrogens with zero attached hydrogens (tertiary/aromatic N) is 4. The van der Waals surface area contributed by atoms with Gasteiger partial charge in [0.05, 0.1) is 6.20 Å². The predicted molar refractivity (Wildman–Crippen MR) is 51.3 cm³/mol. The van der Waals surface area contributed by atoms with Crippen LogP contribution < -0.4 is 5.73 Å². The Kier molecular flexibility index (Phi) is 1.97. The van der Waals surface area contributed by atoms with E-state index in [-0.39, 0.29) is 0 Å². The molecule has 0 fully saturated rings. The monoisotopic (exact) mass is 239 g/mol. The molecule has 0 atom stereocenters. The molecule has 5 nitrogen and oxygen atoms in total. The number of rotatable bonds is 1. The number of nitrogens with two attached hydrogens (primary N) is 1. The van der Waals surface area contributed by atoms with Crippen LogP contribution in [-0.2, 0) is 0 Å². The Hall–Kier alpha value is -1.43. The maximum Gasteiger partial charge on any atom is 0.207 e. The normalized spacial score (nSPS) is 10.2. The van der Waals surface area contributed by atoms with Crippen molar-refractivity contribution in [2.45, 2.75) is 0 Å². The molecule has 0 aliphatic carbocycles. The Bertz CT molecular complexity index is 391. The van der Waals surface area contributed by atoms with Gasteiger partial charge in [0.2, 0.25) is 5.95 Å². The average Bonchev–Trinajstić information content (AvgIpc) is 2.48. The van der Waals surface area contributed by atoms with Gasteiger partial charge in [0, 0.05) is 6.20 Å². The molecule has 0 aromatic carbocycles. The summed E-state index contributed by atoms with van der Waals surface area (Å²) in [4.78, 5) is 3.92. The molecule has 0 saturated heterocycles. The SMILES string of the molecule is Nc1ncc(Br)n1-c1cccnn1. The molecule has 0 aliphatic heterocycles. The summed E-state index contributed by atoms with van der Waals surface area (Å²) in [6.45, 7) is 0. The predicted octanol–water partition coefficient (Wildman–Crippen LogP) is 1.01. The van der Waals surface area contributed by atoms with Crippen LogP contribution >= 0.6 is 15.9 Å². The molecule has 2 aromatic rings. The van der Waals surface area contributed by atoms with Gasteiger partial charge in [0.15, 0.2) is 5.82 Å². The van der Waals surface area contributed by atoms with Crippen molar-refractivity contribution in [3.8, 4) is 5.82 Å². The summed E-state index contributed by atoms with van der Waals surface area (Å²) in [6.07, 6.45) is 3.22. The van der Waals surface area contributed by atoms with Crippen molar-refractivity contribution >= 4 is 21.9 Å². The highest BCUT2D eigenvalue weighted by Gasteiger charge is 2.07. The molecule has 0 saturated carbocycles. The number of nitrogen functional groups attached to an aromatic ring is 1. The van der Waals surface area contributed by atoms with Crippen LogP contribution in [0.2, 0.25) is 0 Å². The van der Waals surface area contributed by atoms with Crippen LogP contribution in [0.5, 0.6) is 0 Å². The van der Waals surface area contributed by atoms with Gasteiger partial charge < -0.3 is 5.73 Å². The maximum atomic E-state index is 5.63. The minimum atomic E-state index is 0.382. The first kappa shape index (κ1) is 8.18. The fourth-order valence-electron chi connectivity index (χ4n) is 0.984. The van der Waals surface area contributed by atoms with Crippen molar-refractivity contribution in [2.75, 3.05) is 5.73 Å². The van der Waals surface area contributed by atoms with E-state index in [4.69, 9.17) is 5.73 Å². The van der Waals surface area contributed by atoms with Gasteiger partial charge in [-0.25, -0.2) is 4.98 Å². The molecular weight excluding hydrogens is 234 g/mol. The molecule has 13 heavy (non-hydrogen) atoms. The third-order valence-electron chi connectivity index (χ3n) is 1.53. The molecule has 0 unspecified atom stereocenters. The second-order valence-corrected chi connectivity index (χ2v) is 3.17. The van der Waals surface area contributed by atoms with Crippen molar-refractivity contribution in [2.24, 2.45) is 0 Å². The highest BCUT2D eigenvalue weighted by molar-refractivity contribution is 9.10. The van der Waals surface area contributed by atoms with Crippen LogP contribution in [0.1, 0.15) is 0 Å². The van der Waals surface area contributed by atoms with Gasteiger partial charge in [-0.05, 0) is 28.1 Å². The fourth-order valence-corrected chi connectivity index (χ4v) is 1.45. The number of imidazole rings is 1. The van der Waals surface area contributed by atoms with Crippen LogP contribution in [0.4, 0.5) is 5.95 Å².